The lowest BCUT2D eigenvalue weighted by Gasteiger charge is -2.18. The molecular weight excluding hydrogens is 262 g/mol. The van der Waals surface area contributed by atoms with Crippen LogP contribution in [-0.4, -0.2) is 34.0 Å². The lowest BCUT2D eigenvalue weighted by atomic mass is 10.3. The number of hydrogen-bond acceptors (Lipinski definition) is 8. The highest BCUT2D eigenvalue weighted by Gasteiger charge is 2.27. The molecule has 0 spiro atoms. The topological polar surface area (TPSA) is 132 Å². The second kappa shape index (κ2) is 6.85. The molecule has 1 aromatic heterocycles. The van der Waals surface area contributed by atoms with Gasteiger partial charge in [-0.2, -0.15) is 10.5 Å². The number of nitriles is 2. The van der Waals surface area contributed by atoms with Crippen molar-refractivity contribution in [3.05, 3.63) is 16.4 Å². The SMILES string of the molecule is CC(C)Nc1ncnc(N(CC#N)CC#N)c1[N+](=O)[O-]. The summed E-state index contributed by atoms with van der Waals surface area (Å²) in [6.45, 7) is 3.28. The van der Waals surface area contributed by atoms with Crippen molar-refractivity contribution in [1.29, 1.82) is 10.5 Å². The zero-order valence-electron chi connectivity index (χ0n) is 11.1. The van der Waals surface area contributed by atoms with E-state index in [4.69, 9.17) is 10.5 Å². The molecule has 0 fully saturated rings. The van der Waals surface area contributed by atoms with Gasteiger partial charge in [0.1, 0.15) is 19.4 Å². The van der Waals surface area contributed by atoms with Gasteiger partial charge in [-0.1, -0.05) is 0 Å². The molecule has 0 aliphatic carbocycles. The van der Waals surface area contributed by atoms with Gasteiger partial charge in [0.25, 0.3) is 0 Å². The van der Waals surface area contributed by atoms with E-state index < -0.39 is 4.92 Å². The molecule has 0 aliphatic heterocycles. The van der Waals surface area contributed by atoms with Gasteiger partial charge in [0.05, 0.1) is 17.1 Å². The van der Waals surface area contributed by atoms with Crippen molar-refractivity contribution >= 4 is 17.3 Å². The smallest absolute Gasteiger partial charge is 0.353 e. The van der Waals surface area contributed by atoms with Crippen LogP contribution in [0.1, 0.15) is 13.8 Å². The summed E-state index contributed by atoms with van der Waals surface area (Å²) in [6, 6.07) is 3.64. The first-order chi connectivity index (χ1) is 9.51. The Kier molecular flexibility index (Phi) is 5.18. The van der Waals surface area contributed by atoms with Gasteiger partial charge >= 0.3 is 5.69 Å². The van der Waals surface area contributed by atoms with Crippen LogP contribution in [0.2, 0.25) is 0 Å². The molecule has 0 aromatic carbocycles. The summed E-state index contributed by atoms with van der Waals surface area (Å²) >= 11 is 0. The number of nitro groups is 1. The average molecular weight is 275 g/mol. The molecule has 0 bridgehead atoms. The van der Waals surface area contributed by atoms with Gasteiger partial charge in [-0.3, -0.25) is 10.1 Å². The van der Waals surface area contributed by atoms with E-state index in [0.29, 0.717) is 0 Å². The zero-order chi connectivity index (χ0) is 15.1. The van der Waals surface area contributed by atoms with Gasteiger partial charge in [0.2, 0.25) is 11.6 Å². The predicted octanol–water partition coefficient (Wildman–Crippen LogP) is 1.06. The molecule has 0 amide bonds. The van der Waals surface area contributed by atoms with Crippen molar-refractivity contribution in [3.63, 3.8) is 0 Å². The summed E-state index contributed by atoms with van der Waals surface area (Å²) in [5.41, 5.74) is -0.341. The van der Waals surface area contributed by atoms with E-state index in [2.05, 4.69) is 15.3 Å². The minimum absolute atomic E-state index is 0.0451. The second-order valence-corrected chi connectivity index (χ2v) is 4.12. The minimum Gasteiger partial charge on any atom is -0.362 e. The maximum atomic E-state index is 11.2. The zero-order valence-corrected chi connectivity index (χ0v) is 11.1. The molecule has 9 heteroatoms. The van der Waals surface area contributed by atoms with Crippen LogP contribution in [-0.2, 0) is 0 Å². The molecule has 9 nitrogen and oxygen atoms in total. The third kappa shape index (κ3) is 3.53. The Balaban J connectivity index is 3.34. The van der Waals surface area contributed by atoms with E-state index in [0.717, 1.165) is 6.33 Å². The Bertz CT molecular complexity index is 557. The fourth-order valence-corrected chi connectivity index (χ4v) is 1.52. The van der Waals surface area contributed by atoms with Crippen LogP contribution in [0, 0.1) is 32.8 Å². The normalized spacial score (nSPS) is 9.65. The molecule has 104 valence electrons. The summed E-state index contributed by atoms with van der Waals surface area (Å²) in [5.74, 6) is 0.0205. The fraction of sp³-hybridized carbons (Fsp3) is 0.455. The average Bonchev–Trinajstić information content (AvgIpc) is 2.37. The van der Waals surface area contributed by atoms with Crippen molar-refractivity contribution in [2.24, 2.45) is 0 Å². The van der Waals surface area contributed by atoms with Gasteiger partial charge in [-0.15, -0.1) is 0 Å². The summed E-state index contributed by atoms with van der Waals surface area (Å²) in [7, 11) is 0. The highest BCUT2D eigenvalue weighted by molar-refractivity contribution is 5.70. The summed E-state index contributed by atoms with van der Waals surface area (Å²) in [5, 5.41) is 31.6. The Labute approximate surface area is 115 Å². The van der Waals surface area contributed by atoms with Crippen LogP contribution in [0.15, 0.2) is 6.33 Å². The van der Waals surface area contributed by atoms with Gasteiger partial charge in [-0.05, 0) is 13.8 Å². The number of hydrogen-bond donors (Lipinski definition) is 1. The van der Waals surface area contributed by atoms with Crippen molar-refractivity contribution in [2.75, 3.05) is 23.3 Å². The Hall–Kier alpha value is -2.94. The molecule has 1 rings (SSSR count). The van der Waals surface area contributed by atoms with E-state index in [1.54, 1.807) is 0 Å². The standard InChI is InChI=1S/C11H13N7O2/c1-8(2)16-10-9(18(19)20)11(15-7-14-10)17(5-3-12)6-4-13/h7-8H,5-6H2,1-2H3,(H,14,15,16). The molecule has 1 aromatic rings. The lowest BCUT2D eigenvalue weighted by molar-refractivity contribution is -0.383. The molecule has 20 heavy (non-hydrogen) atoms. The van der Waals surface area contributed by atoms with Crippen LogP contribution in [0.5, 0.6) is 0 Å². The van der Waals surface area contributed by atoms with Crippen LogP contribution < -0.4 is 10.2 Å². The van der Waals surface area contributed by atoms with Gasteiger partial charge in [0, 0.05) is 6.04 Å². The summed E-state index contributed by atoms with van der Waals surface area (Å²) < 4.78 is 0. The van der Waals surface area contributed by atoms with Crippen LogP contribution in [0.4, 0.5) is 17.3 Å². The number of rotatable bonds is 6. The number of nitrogens with one attached hydrogen (secondary N) is 1. The number of anilines is 2. The highest BCUT2D eigenvalue weighted by atomic mass is 16.6. The van der Waals surface area contributed by atoms with Crippen molar-refractivity contribution < 1.29 is 4.92 Å². The summed E-state index contributed by atoms with van der Waals surface area (Å²) in [6.07, 6.45) is 1.16. The molecule has 0 saturated heterocycles. The molecule has 0 unspecified atom stereocenters. The Morgan fingerprint density at radius 3 is 2.45 bits per heavy atom. The van der Waals surface area contributed by atoms with Gasteiger partial charge in [0.15, 0.2) is 0 Å². The van der Waals surface area contributed by atoms with E-state index in [-0.39, 0.29) is 36.5 Å². The molecular formula is C11H13N7O2. The number of nitrogens with zero attached hydrogens (tertiary/aromatic N) is 6. The van der Waals surface area contributed by atoms with Crippen molar-refractivity contribution in [1.82, 2.24) is 9.97 Å². The molecule has 0 radical (unpaired) electrons. The van der Waals surface area contributed by atoms with Gasteiger partial charge in [-0.25, -0.2) is 9.97 Å². The Morgan fingerprint density at radius 2 is 2.00 bits per heavy atom. The predicted molar refractivity (Wildman–Crippen MR) is 70.9 cm³/mol. The molecule has 0 saturated carbocycles. The maximum Gasteiger partial charge on any atom is 0.353 e. The number of aromatic nitrogens is 2. The Morgan fingerprint density at radius 1 is 1.40 bits per heavy atom. The monoisotopic (exact) mass is 275 g/mol. The van der Waals surface area contributed by atoms with Crippen molar-refractivity contribution in [3.8, 4) is 12.1 Å². The van der Waals surface area contributed by atoms with Crippen LogP contribution in [0.3, 0.4) is 0 Å². The van der Waals surface area contributed by atoms with Crippen LogP contribution in [0.25, 0.3) is 0 Å². The first-order valence-corrected chi connectivity index (χ1v) is 5.76. The first-order valence-electron chi connectivity index (χ1n) is 5.76. The van der Waals surface area contributed by atoms with E-state index in [9.17, 15) is 10.1 Å². The fourth-order valence-electron chi connectivity index (χ4n) is 1.52. The van der Waals surface area contributed by atoms with Gasteiger partial charge < -0.3 is 10.2 Å². The molecule has 0 aliphatic rings. The quantitative estimate of drug-likeness (QED) is 0.463. The van der Waals surface area contributed by atoms with Crippen LogP contribution >= 0.6 is 0 Å². The third-order valence-corrected chi connectivity index (χ3v) is 2.23. The first kappa shape index (κ1) is 15.1. The largest absolute Gasteiger partial charge is 0.362 e. The molecule has 1 N–H and O–H groups in total. The highest BCUT2D eigenvalue weighted by Crippen LogP contribution is 2.31. The van der Waals surface area contributed by atoms with E-state index in [1.807, 2.05) is 26.0 Å². The molecule has 0 atom stereocenters. The van der Waals surface area contributed by atoms with E-state index >= 15 is 0 Å². The van der Waals surface area contributed by atoms with E-state index in [1.165, 1.54) is 4.90 Å². The lowest BCUT2D eigenvalue weighted by Crippen LogP contribution is -2.26. The maximum absolute atomic E-state index is 11.2. The van der Waals surface area contributed by atoms with Crippen molar-refractivity contribution in [2.45, 2.75) is 19.9 Å². The second-order valence-electron chi connectivity index (χ2n) is 4.12. The summed E-state index contributed by atoms with van der Waals surface area (Å²) in [4.78, 5) is 19.5. The third-order valence-electron chi connectivity index (χ3n) is 2.23. The molecule has 1 heterocycles. The minimum atomic E-state index is -0.623.